The first kappa shape index (κ1) is 38.5. The molecule has 0 spiro atoms. The van der Waals surface area contributed by atoms with Crippen LogP contribution in [0, 0.1) is 0 Å². The van der Waals surface area contributed by atoms with Crippen molar-refractivity contribution >= 4 is 39.0 Å². The highest BCUT2D eigenvalue weighted by Crippen LogP contribution is 2.53. The fourth-order valence-electron chi connectivity index (χ4n) is 10.3. The molecule has 308 valence electrons. The minimum Gasteiger partial charge on any atom is -0.455 e. The second-order valence-corrected chi connectivity index (χ2v) is 17.6. The summed E-state index contributed by atoms with van der Waals surface area (Å²) in [6.07, 6.45) is 0. The summed E-state index contributed by atoms with van der Waals surface area (Å²) < 4.78 is 6.79. The van der Waals surface area contributed by atoms with E-state index in [0.717, 1.165) is 72.4 Å². The summed E-state index contributed by atoms with van der Waals surface area (Å²) in [5, 5.41) is 2.22. The van der Waals surface area contributed by atoms with Crippen LogP contribution in [-0.2, 0) is 5.41 Å². The lowest BCUT2D eigenvalue weighted by Crippen LogP contribution is -2.14. The Balaban J connectivity index is 1.13. The molecule has 0 bridgehead atoms. The van der Waals surface area contributed by atoms with Crippen LogP contribution in [0.5, 0.6) is 0 Å². The molecule has 11 aromatic rings. The first-order chi connectivity index (χ1) is 32.0. The van der Waals surface area contributed by atoms with E-state index in [0.29, 0.717) is 0 Å². The first-order valence-corrected chi connectivity index (χ1v) is 22.5. The van der Waals surface area contributed by atoms with Crippen LogP contribution in [0.2, 0.25) is 0 Å². The Kier molecular flexibility index (Phi) is 9.21. The normalized spacial score (nSPS) is 12.6. The molecule has 1 heterocycles. The Morgan fingerprint density at radius 3 is 1.69 bits per heavy atom. The largest absolute Gasteiger partial charge is 0.455 e. The molecule has 12 rings (SSSR count). The number of fused-ring (bicyclic) bond motifs is 6. The fraction of sp³-hybridized carbons (Fsp3) is 0.0476. The van der Waals surface area contributed by atoms with Gasteiger partial charge >= 0.3 is 0 Å². The molecule has 10 aromatic carbocycles. The van der Waals surface area contributed by atoms with E-state index in [1.165, 1.54) is 44.5 Å². The van der Waals surface area contributed by atoms with Crippen LogP contribution < -0.4 is 4.90 Å². The third kappa shape index (κ3) is 6.49. The maximum absolute atomic E-state index is 6.79. The molecule has 0 radical (unpaired) electrons. The van der Waals surface area contributed by atoms with Crippen molar-refractivity contribution < 1.29 is 4.42 Å². The van der Waals surface area contributed by atoms with Gasteiger partial charge in [0.25, 0.3) is 0 Å². The van der Waals surface area contributed by atoms with Crippen LogP contribution in [0.3, 0.4) is 0 Å². The molecule has 0 unspecified atom stereocenters. The zero-order chi connectivity index (χ0) is 43.5. The van der Waals surface area contributed by atoms with E-state index >= 15 is 0 Å². The van der Waals surface area contributed by atoms with E-state index in [1.807, 2.05) is 6.07 Å². The quantitative estimate of drug-likeness (QED) is 0.152. The molecule has 0 fully saturated rings. The van der Waals surface area contributed by atoms with Crippen molar-refractivity contribution in [3.8, 4) is 66.8 Å². The van der Waals surface area contributed by atoms with Crippen molar-refractivity contribution in [2.24, 2.45) is 0 Å². The number of anilines is 3. The first-order valence-electron chi connectivity index (χ1n) is 22.5. The van der Waals surface area contributed by atoms with Crippen LogP contribution in [0.1, 0.15) is 25.0 Å². The van der Waals surface area contributed by atoms with Crippen molar-refractivity contribution in [1.82, 2.24) is 0 Å². The molecule has 0 N–H and O–H groups in total. The van der Waals surface area contributed by atoms with Gasteiger partial charge in [-0.15, -0.1) is 0 Å². The molecule has 65 heavy (non-hydrogen) atoms. The summed E-state index contributed by atoms with van der Waals surface area (Å²) in [6, 6.07) is 85.9. The Bertz CT molecular complexity index is 3560. The van der Waals surface area contributed by atoms with Crippen LogP contribution in [-0.4, -0.2) is 0 Å². The predicted molar refractivity (Wildman–Crippen MR) is 273 cm³/mol. The summed E-state index contributed by atoms with van der Waals surface area (Å²) in [6.45, 7) is 4.69. The van der Waals surface area contributed by atoms with Crippen molar-refractivity contribution in [3.05, 3.63) is 248 Å². The van der Waals surface area contributed by atoms with Gasteiger partial charge in [-0.3, -0.25) is 0 Å². The van der Waals surface area contributed by atoms with Gasteiger partial charge in [0.15, 0.2) is 0 Å². The zero-order valence-corrected chi connectivity index (χ0v) is 36.4. The molecule has 2 heteroatoms. The molecule has 1 aromatic heterocycles. The van der Waals surface area contributed by atoms with E-state index in [4.69, 9.17) is 4.42 Å². The van der Waals surface area contributed by atoms with Gasteiger partial charge in [0.2, 0.25) is 0 Å². The van der Waals surface area contributed by atoms with Crippen molar-refractivity contribution in [2.45, 2.75) is 19.3 Å². The zero-order valence-electron chi connectivity index (χ0n) is 36.4. The molecule has 0 saturated carbocycles. The summed E-state index contributed by atoms with van der Waals surface area (Å²) >= 11 is 0. The maximum Gasteiger partial charge on any atom is 0.143 e. The standard InChI is InChI=1S/C63H45NO/c1-63(2)56-30-12-9-25-50(56)55-41-46(36-39-57(55)63)49-24-10-13-31-58(49)64(48-37-34-44(35-38-48)42-18-5-3-6-19-42)59-32-17-27-52(54-29-16-28-53-51-26-11-14-33-60(51)65-62(53)54)61(59)47-23-15-22-45(40-47)43-20-7-4-8-21-43/h3-41H,1-2H3. The average molecular weight is 832 g/mol. The number of hydrogen-bond acceptors (Lipinski definition) is 2. The van der Waals surface area contributed by atoms with Crippen LogP contribution in [0.15, 0.2) is 241 Å². The smallest absolute Gasteiger partial charge is 0.143 e. The van der Waals surface area contributed by atoms with Gasteiger partial charge in [0.05, 0.1) is 11.4 Å². The lowest BCUT2D eigenvalue weighted by atomic mass is 9.82. The second kappa shape index (κ2) is 15.6. The molecule has 2 nitrogen and oxygen atoms in total. The second-order valence-electron chi connectivity index (χ2n) is 17.6. The van der Waals surface area contributed by atoms with E-state index in [2.05, 4.69) is 249 Å². The molecule has 0 atom stereocenters. The Hall–Kier alpha value is -8.20. The number of para-hydroxylation sites is 3. The highest BCUT2D eigenvalue weighted by molar-refractivity contribution is 6.12. The van der Waals surface area contributed by atoms with Crippen molar-refractivity contribution in [2.75, 3.05) is 4.90 Å². The average Bonchev–Trinajstić information content (AvgIpc) is 3.86. The van der Waals surface area contributed by atoms with Crippen molar-refractivity contribution in [1.29, 1.82) is 0 Å². The van der Waals surface area contributed by atoms with Crippen LogP contribution in [0.25, 0.3) is 88.7 Å². The maximum atomic E-state index is 6.79. The van der Waals surface area contributed by atoms with Crippen LogP contribution >= 0.6 is 0 Å². The lowest BCUT2D eigenvalue weighted by molar-refractivity contribution is 0.660. The molecular weight excluding hydrogens is 787 g/mol. The van der Waals surface area contributed by atoms with Gasteiger partial charge in [0, 0.05) is 38.6 Å². The van der Waals surface area contributed by atoms with Crippen molar-refractivity contribution in [3.63, 3.8) is 0 Å². The molecule has 1 aliphatic rings. The number of rotatable bonds is 8. The Labute approximate surface area is 380 Å². The van der Waals surface area contributed by atoms with E-state index in [1.54, 1.807) is 0 Å². The third-order valence-corrected chi connectivity index (χ3v) is 13.5. The van der Waals surface area contributed by atoms with Crippen LogP contribution in [0.4, 0.5) is 17.1 Å². The van der Waals surface area contributed by atoms with Gasteiger partial charge in [-0.1, -0.05) is 208 Å². The number of furan rings is 1. The summed E-state index contributed by atoms with van der Waals surface area (Å²) in [4.78, 5) is 2.47. The Morgan fingerprint density at radius 1 is 0.338 bits per heavy atom. The number of hydrogen-bond donors (Lipinski definition) is 0. The minimum atomic E-state index is -0.0805. The molecular formula is C63H45NO. The molecule has 0 saturated heterocycles. The minimum absolute atomic E-state index is 0.0805. The molecule has 0 amide bonds. The highest BCUT2D eigenvalue weighted by Gasteiger charge is 2.35. The van der Waals surface area contributed by atoms with Gasteiger partial charge < -0.3 is 9.32 Å². The SMILES string of the molecule is CC1(C)c2ccccc2-c2cc(-c3ccccc3N(c3ccc(-c4ccccc4)cc3)c3cccc(-c4cccc5c4oc4ccccc45)c3-c3cccc(-c4ccccc4)c3)ccc21. The topological polar surface area (TPSA) is 16.4 Å². The van der Waals surface area contributed by atoms with Gasteiger partial charge in [-0.2, -0.15) is 0 Å². The van der Waals surface area contributed by atoms with Gasteiger partial charge in [-0.05, 0) is 104 Å². The number of nitrogens with zero attached hydrogens (tertiary/aromatic N) is 1. The molecule has 1 aliphatic carbocycles. The Morgan fingerprint density at radius 2 is 0.877 bits per heavy atom. The van der Waals surface area contributed by atoms with E-state index in [9.17, 15) is 0 Å². The van der Waals surface area contributed by atoms with E-state index in [-0.39, 0.29) is 5.41 Å². The summed E-state index contributed by atoms with van der Waals surface area (Å²) in [5.41, 5.74) is 21.6. The molecule has 0 aliphatic heterocycles. The number of benzene rings is 10. The monoisotopic (exact) mass is 831 g/mol. The highest BCUT2D eigenvalue weighted by atomic mass is 16.3. The predicted octanol–water partition coefficient (Wildman–Crippen LogP) is 17.7. The van der Waals surface area contributed by atoms with Gasteiger partial charge in [-0.25, -0.2) is 0 Å². The lowest BCUT2D eigenvalue weighted by Gasteiger charge is -2.31. The fourth-order valence-corrected chi connectivity index (χ4v) is 10.3. The summed E-state index contributed by atoms with van der Waals surface area (Å²) in [5.74, 6) is 0. The van der Waals surface area contributed by atoms with Gasteiger partial charge in [0.1, 0.15) is 11.2 Å². The summed E-state index contributed by atoms with van der Waals surface area (Å²) in [7, 11) is 0. The third-order valence-electron chi connectivity index (χ3n) is 13.5. The van der Waals surface area contributed by atoms with E-state index < -0.39 is 0 Å².